The Morgan fingerprint density at radius 2 is 1.44 bits per heavy atom. The van der Waals surface area contributed by atoms with Gasteiger partial charge in [0.2, 0.25) is 0 Å². The monoisotopic (exact) mass is 452 g/mol. The van der Waals surface area contributed by atoms with Gasteiger partial charge in [-0.3, -0.25) is 4.99 Å². The van der Waals surface area contributed by atoms with Gasteiger partial charge in [-0.05, 0) is 17.7 Å². The minimum Gasteiger partial charge on any atom is -0.467 e. The molecule has 6 heteroatoms. The van der Waals surface area contributed by atoms with Crippen LogP contribution in [-0.4, -0.2) is 37.9 Å². The van der Waals surface area contributed by atoms with Gasteiger partial charge >= 0.3 is 11.9 Å². The van der Waals surface area contributed by atoms with E-state index in [-0.39, 0.29) is 12.0 Å². The second-order valence-corrected chi connectivity index (χ2v) is 7.31. The average molecular weight is 453 g/mol. The van der Waals surface area contributed by atoms with Gasteiger partial charge in [0, 0.05) is 23.1 Å². The fraction of sp³-hybridized carbons (Fsp3) is 0.143. The van der Waals surface area contributed by atoms with E-state index in [1.54, 1.807) is 30.3 Å². The molecule has 3 rings (SSSR count). The molecule has 0 spiro atoms. The number of hydrogen-bond donors (Lipinski definition) is 0. The summed E-state index contributed by atoms with van der Waals surface area (Å²) in [4.78, 5) is 30.1. The quantitative estimate of drug-likeness (QED) is 0.283. The third-order valence-corrected chi connectivity index (χ3v) is 5.12. The molecule has 6 nitrogen and oxygen atoms in total. The number of rotatable bonds is 8. The first-order chi connectivity index (χ1) is 16.6. The number of nitrogens with zero attached hydrogens (tertiary/aromatic N) is 2. The smallest absolute Gasteiger partial charge is 0.333 e. The fourth-order valence-corrected chi connectivity index (χ4v) is 3.43. The maximum atomic E-state index is 12.8. The van der Waals surface area contributed by atoms with Crippen LogP contribution in [0.1, 0.15) is 28.7 Å². The maximum Gasteiger partial charge on any atom is 0.333 e. The van der Waals surface area contributed by atoms with Crippen molar-refractivity contribution >= 4 is 23.7 Å². The van der Waals surface area contributed by atoms with Crippen LogP contribution in [0.25, 0.3) is 6.08 Å². The second kappa shape index (κ2) is 11.9. The van der Waals surface area contributed by atoms with Crippen LogP contribution in [0.5, 0.6) is 0 Å². The van der Waals surface area contributed by atoms with E-state index in [2.05, 4.69) is 6.07 Å². The van der Waals surface area contributed by atoms with E-state index in [1.165, 1.54) is 14.2 Å². The summed E-state index contributed by atoms with van der Waals surface area (Å²) >= 11 is 0. The molecule has 0 saturated heterocycles. The van der Waals surface area contributed by atoms with Crippen LogP contribution in [-0.2, 0) is 19.1 Å². The highest BCUT2D eigenvalue weighted by atomic mass is 16.5. The molecule has 0 N–H and O–H groups in total. The van der Waals surface area contributed by atoms with E-state index in [9.17, 15) is 14.9 Å². The molecule has 0 bridgehead atoms. The Labute approximate surface area is 198 Å². The van der Waals surface area contributed by atoms with E-state index < -0.39 is 18.0 Å². The Morgan fingerprint density at radius 1 is 0.882 bits per heavy atom. The van der Waals surface area contributed by atoms with Gasteiger partial charge in [0.05, 0.1) is 31.6 Å². The van der Waals surface area contributed by atoms with Crippen molar-refractivity contribution in [2.45, 2.75) is 12.5 Å². The predicted molar refractivity (Wildman–Crippen MR) is 130 cm³/mol. The zero-order chi connectivity index (χ0) is 24.3. The molecule has 0 aliphatic heterocycles. The number of benzene rings is 3. The van der Waals surface area contributed by atoms with Crippen LogP contribution >= 0.6 is 0 Å². The van der Waals surface area contributed by atoms with Crippen molar-refractivity contribution in [3.05, 3.63) is 113 Å². The molecule has 3 aromatic rings. The molecule has 34 heavy (non-hydrogen) atoms. The SMILES string of the molecule is COC(=O)/C(=C/c1ccccc1C#N)CC(N=C(c1ccccc1)c1ccccc1)C(=O)OC. The van der Waals surface area contributed by atoms with Crippen molar-refractivity contribution in [2.24, 2.45) is 4.99 Å². The van der Waals surface area contributed by atoms with Crippen molar-refractivity contribution in [1.29, 1.82) is 5.26 Å². The molecule has 0 amide bonds. The Kier molecular flexibility index (Phi) is 8.48. The van der Waals surface area contributed by atoms with Crippen LogP contribution in [0.15, 0.2) is 95.5 Å². The third kappa shape index (κ3) is 6.05. The van der Waals surface area contributed by atoms with E-state index >= 15 is 0 Å². The van der Waals surface area contributed by atoms with Crippen LogP contribution in [0.2, 0.25) is 0 Å². The fourth-order valence-electron chi connectivity index (χ4n) is 3.43. The number of esters is 2. The number of nitriles is 1. The minimum absolute atomic E-state index is 0.0672. The van der Waals surface area contributed by atoms with Gasteiger partial charge in [-0.2, -0.15) is 5.26 Å². The van der Waals surface area contributed by atoms with E-state index in [1.807, 2.05) is 60.7 Å². The van der Waals surface area contributed by atoms with Crippen LogP contribution in [0.4, 0.5) is 0 Å². The number of hydrogen-bond acceptors (Lipinski definition) is 6. The van der Waals surface area contributed by atoms with Crippen LogP contribution in [0.3, 0.4) is 0 Å². The maximum absolute atomic E-state index is 12.8. The predicted octanol–water partition coefficient (Wildman–Crippen LogP) is 4.58. The third-order valence-electron chi connectivity index (χ3n) is 5.12. The Morgan fingerprint density at radius 3 is 1.97 bits per heavy atom. The largest absolute Gasteiger partial charge is 0.467 e. The van der Waals surface area contributed by atoms with E-state index in [0.29, 0.717) is 16.8 Å². The van der Waals surface area contributed by atoms with Gasteiger partial charge in [0.1, 0.15) is 0 Å². The van der Waals surface area contributed by atoms with Crippen molar-refractivity contribution in [3.8, 4) is 6.07 Å². The van der Waals surface area contributed by atoms with Crippen molar-refractivity contribution in [1.82, 2.24) is 0 Å². The summed E-state index contributed by atoms with van der Waals surface area (Å²) in [5.74, 6) is -1.20. The second-order valence-electron chi connectivity index (χ2n) is 7.31. The van der Waals surface area contributed by atoms with Gasteiger partial charge in [-0.25, -0.2) is 9.59 Å². The number of carbonyl (C=O) groups excluding carboxylic acids is 2. The highest BCUT2D eigenvalue weighted by Gasteiger charge is 2.25. The van der Waals surface area contributed by atoms with E-state index in [4.69, 9.17) is 14.5 Å². The molecule has 0 radical (unpaired) electrons. The molecule has 0 heterocycles. The zero-order valence-electron chi connectivity index (χ0n) is 19.0. The van der Waals surface area contributed by atoms with Gasteiger partial charge in [0.25, 0.3) is 0 Å². The Bertz CT molecular complexity index is 1200. The lowest BCUT2D eigenvalue weighted by Gasteiger charge is -2.16. The van der Waals surface area contributed by atoms with Crippen molar-refractivity contribution in [2.75, 3.05) is 14.2 Å². The number of carbonyl (C=O) groups is 2. The lowest BCUT2D eigenvalue weighted by molar-refractivity contribution is -0.142. The number of methoxy groups -OCH3 is 2. The molecule has 0 aliphatic rings. The number of ether oxygens (including phenoxy) is 2. The molecule has 170 valence electrons. The summed E-state index contributed by atoms with van der Waals surface area (Å²) in [6.45, 7) is 0. The summed E-state index contributed by atoms with van der Waals surface area (Å²) in [5, 5.41) is 9.41. The lowest BCUT2D eigenvalue weighted by atomic mass is 9.99. The highest BCUT2D eigenvalue weighted by Crippen LogP contribution is 2.21. The Balaban J connectivity index is 2.11. The summed E-state index contributed by atoms with van der Waals surface area (Å²) in [6.07, 6.45) is 1.49. The summed E-state index contributed by atoms with van der Waals surface area (Å²) in [7, 11) is 2.55. The topological polar surface area (TPSA) is 88.8 Å². The van der Waals surface area contributed by atoms with Gasteiger partial charge in [0.15, 0.2) is 6.04 Å². The van der Waals surface area contributed by atoms with E-state index in [0.717, 1.165) is 11.1 Å². The molecule has 0 aromatic heterocycles. The molecule has 0 aliphatic carbocycles. The molecular weight excluding hydrogens is 428 g/mol. The first kappa shape index (κ1) is 24.1. The van der Waals surface area contributed by atoms with Gasteiger partial charge in [-0.15, -0.1) is 0 Å². The first-order valence-corrected chi connectivity index (χ1v) is 10.6. The average Bonchev–Trinajstić information content (AvgIpc) is 2.90. The van der Waals surface area contributed by atoms with Crippen LogP contribution < -0.4 is 0 Å². The van der Waals surface area contributed by atoms with Crippen molar-refractivity contribution < 1.29 is 19.1 Å². The minimum atomic E-state index is -1.01. The van der Waals surface area contributed by atoms with Crippen LogP contribution in [0, 0.1) is 11.3 Å². The molecule has 0 saturated carbocycles. The summed E-state index contributed by atoms with van der Waals surface area (Å²) in [5.41, 5.74) is 3.38. The molecule has 3 aromatic carbocycles. The summed E-state index contributed by atoms with van der Waals surface area (Å²) < 4.78 is 9.97. The number of aliphatic imine (C=N–C) groups is 1. The van der Waals surface area contributed by atoms with Gasteiger partial charge in [-0.1, -0.05) is 78.9 Å². The Hall–Kier alpha value is -4.50. The van der Waals surface area contributed by atoms with Crippen molar-refractivity contribution in [3.63, 3.8) is 0 Å². The normalized spacial score (nSPS) is 11.6. The highest BCUT2D eigenvalue weighted by molar-refractivity contribution is 6.13. The lowest BCUT2D eigenvalue weighted by Crippen LogP contribution is -2.25. The summed E-state index contributed by atoms with van der Waals surface area (Å²) in [6, 6.07) is 26.9. The van der Waals surface area contributed by atoms with Gasteiger partial charge < -0.3 is 9.47 Å². The molecule has 1 unspecified atom stereocenters. The molecule has 0 fully saturated rings. The zero-order valence-corrected chi connectivity index (χ0v) is 19.0. The molecule has 1 atom stereocenters. The molecular formula is C28H24N2O4. The first-order valence-electron chi connectivity index (χ1n) is 10.6. The standard InChI is InChI=1S/C28H24N2O4/c1-33-27(31)24(17-22-15-9-10-16-23(22)19-29)18-25(28(32)34-2)30-26(20-11-5-3-6-12-20)21-13-7-4-8-14-21/h3-17,25H,18H2,1-2H3/b24-17+.